The molecule has 1 aromatic carbocycles. The molecule has 0 spiro atoms. The average molecular weight is 191 g/mol. The number of carbonyl (C=O) groups is 1. The van der Waals surface area contributed by atoms with E-state index in [0.29, 0.717) is 16.9 Å². The largest absolute Gasteiger partial charge is 0.496 e. The van der Waals surface area contributed by atoms with E-state index in [1.54, 1.807) is 18.2 Å². The summed E-state index contributed by atoms with van der Waals surface area (Å²) in [6.07, 6.45) is 0.735. The summed E-state index contributed by atoms with van der Waals surface area (Å²) in [5.41, 5.74) is 9.41. The lowest BCUT2D eigenvalue weighted by molar-refractivity contribution is 0.112. The van der Waals surface area contributed by atoms with Crippen LogP contribution in [0, 0.1) is 0 Å². The molecule has 5 nitrogen and oxygen atoms in total. The molecule has 0 saturated carbocycles. The van der Waals surface area contributed by atoms with Crippen LogP contribution >= 0.6 is 0 Å². The van der Waals surface area contributed by atoms with Crippen molar-refractivity contribution in [2.24, 2.45) is 5.11 Å². The highest BCUT2D eigenvalue weighted by Crippen LogP contribution is 2.20. The van der Waals surface area contributed by atoms with Crippen molar-refractivity contribution < 1.29 is 9.53 Å². The summed E-state index contributed by atoms with van der Waals surface area (Å²) < 4.78 is 5.04. The van der Waals surface area contributed by atoms with Crippen molar-refractivity contribution in [2.75, 3.05) is 7.11 Å². The summed E-state index contributed by atoms with van der Waals surface area (Å²) in [6, 6.07) is 4.96. The molecule has 1 rings (SSSR count). The normalized spacial score (nSPS) is 8.93. The number of methoxy groups -OCH3 is 1. The van der Waals surface area contributed by atoms with Crippen molar-refractivity contribution in [3.8, 4) is 5.75 Å². The third kappa shape index (κ3) is 2.24. The Kier molecular flexibility index (Phi) is 3.52. The Morgan fingerprint density at radius 2 is 2.43 bits per heavy atom. The molecule has 0 aliphatic heterocycles. The molecule has 0 N–H and O–H groups in total. The van der Waals surface area contributed by atoms with Crippen molar-refractivity contribution in [3.63, 3.8) is 0 Å². The van der Waals surface area contributed by atoms with E-state index in [1.807, 2.05) is 0 Å². The summed E-state index contributed by atoms with van der Waals surface area (Å²) in [5, 5.41) is 3.41. The molecular formula is C9H9N3O2. The molecule has 0 amide bonds. The van der Waals surface area contributed by atoms with Gasteiger partial charge < -0.3 is 4.74 Å². The molecule has 0 bridgehead atoms. The number of aldehydes is 1. The zero-order chi connectivity index (χ0) is 10.4. The lowest BCUT2D eigenvalue weighted by Gasteiger charge is -2.05. The van der Waals surface area contributed by atoms with Crippen molar-refractivity contribution in [3.05, 3.63) is 39.8 Å². The average Bonchev–Trinajstić information content (AvgIpc) is 2.25. The second kappa shape index (κ2) is 4.89. The molecule has 1 aromatic rings. The third-order valence-electron chi connectivity index (χ3n) is 1.74. The van der Waals surface area contributed by atoms with Crippen molar-refractivity contribution in [1.82, 2.24) is 0 Å². The van der Waals surface area contributed by atoms with Crippen LogP contribution in [0.15, 0.2) is 23.3 Å². The Labute approximate surface area is 80.9 Å². The summed E-state index contributed by atoms with van der Waals surface area (Å²) >= 11 is 0. The minimum atomic E-state index is 0.182. The van der Waals surface area contributed by atoms with Gasteiger partial charge >= 0.3 is 0 Å². The van der Waals surface area contributed by atoms with E-state index in [2.05, 4.69) is 10.0 Å². The third-order valence-corrected chi connectivity index (χ3v) is 1.74. The lowest BCUT2D eigenvalue weighted by atomic mass is 10.1. The molecule has 0 aliphatic rings. The van der Waals surface area contributed by atoms with Crippen LogP contribution in [0.1, 0.15) is 15.9 Å². The number of hydrogen-bond acceptors (Lipinski definition) is 3. The van der Waals surface area contributed by atoms with Gasteiger partial charge in [0.2, 0.25) is 0 Å². The molecular weight excluding hydrogens is 182 g/mol. The number of ether oxygens (including phenoxy) is 1. The highest BCUT2D eigenvalue weighted by atomic mass is 16.5. The maximum atomic E-state index is 10.5. The maximum Gasteiger partial charge on any atom is 0.150 e. The van der Waals surface area contributed by atoms with Gasteiger partial charge in [0, 0.05) is 16.0 Å². The van der Waals surface area contributed by atoms with Gasteiger partial charge in [0.15, 0.2) is 0 Å². The van der Waals surface area contributed by atoms with Crippen LogP contribution in [0.2, 0.25) is 0 Å². The first kappa shape index (κ1) is 10.1. The molecule has 0 radical (unpaired) electrons. The molecule has 0 heterocycles. The molecule has 0 saturated heterocycles. The topological polar surface area (TPSA) is 75.1 Å². The monoisotopic (exact) mass is 191 g/mol. The number of nitrogens with zero attached hydrogens (tertiary/aromatic N) is 3. The predicted octanol–water partition coefficient (Wildman–Crippen LogP) is 2.32. The van der Waals surface area contributed by atoms with E-state index in [-0.39, 0.29) is 6.54 Å². The van der Waals surface area contributed by atoms with Gasteiger partial charge in [-0.2, -0.15) is 0 Å². The Morgan fingerprint density at radius 1 is 1.64 bits per heavy atom. The number of carbonyl (C=O) groups excluding carboxylic acids is 1. The van der Waals surface area contributed by atoms with Crippen LogP contribution in [-0.4, -0.2) is 13.4 Å². The highest BCUT2D eigenvalue weighted by molar-refractivity contribution is 5.75. The van der Waals surface area contributed by atoms with Crippen LogP contribution in [0.5, 0.6) is 5.75 Å². The van der Waals surface area contributed by atoms with Crippen molar-refractivity contribution in [1.29, 1.82) is 0 Å². The molecule has 0 aliphatic carbocycles. The summed E-state index contributed by atoms with van der Waals surface area (Å²) in [4.78, 5) is 13.1. The van der Waals surface area contributed by atoms with Crippen LogP contribution in [0.3, 0.4) is 0 Å². The fourth-order valence-electron chi connectivity index (χ4n) is 1.10. The Balaban J connectivity index is 3.07. The van der Waals surface area contributed by atoms with Gasteiger partial charge in [-0.3, -0.25) is 4.79 Å². The highest BCUT2D eigenvalue weighted by Gasteiger charge is 2.02. The standard InChI is InChI=1S/C9H9N3O2/c1-14-9-3-2-7(6-13)4-8(9)5-11-12-10/h2-4,6H,5H2,1H3. The molecule has 5 heteroatoms. The van der Waals surface area contributed by atoms with Crippen LogP contribution in [0.4, 0.5) is 0 Å². The van der Waals surface area contributed by atoms with Crippen molar-refractivity contribution >= 4 is 6.29 Å². The van der Waals surface area contributed by atoms with Crippen LogP contribution < -0.4 is 4.74 Å². The minimum absolute atomic E-state index is 0.182. The van der Waals surface area contributed by atoms with E-state index >= 15 is 0 Å². The van der Waals surface area contributed by atoms with Gasteiger partial charge in [-0.25, -0.2) is 0 Å². The zero-order valence-electron chi connectivity index (χ0n) is 7.67. The van der Waals surface area contributed by atoms with Crippen LogP contribution in [-0.2, 0) is 6.54 Å². The summed E-state index contributed by atoms with van der Waals surface area (Å²) in [5.74, 6) is 0.614. The lowest BCUT2D eigenvalue weighted by Crippen LogP contribution is -1.92. The smallest absolute Gasteiger partial charge is 0.150 e. The number of benzene rings is 1. The number of rotatable bonds is 4. The SMILES string of the molecule is COc1ccc(C=O)cc1CN=[N+]=[N-]. The summed E-state index contributed by atoms with van der Waals surface area (Å²) in [7, 11) is 1.52. The van der Waals surface area contributed by atoms with E-state index < -0.39 is 0 Å². The zero-order valence-corrected chi connectivity index (χ0v) is 7.67. The van der Waals surface area contributed by atoms with E-state index in [1.165, 1.54) is 7.11 Å². The second-order valence-corrected chi connectivity index (χ2v) is 2.58. The molecule has 14 heavy (non-hydrogen) atoms. The Hall–Kier alpha value is -2.00. The Bertz CT molecular complexity index is 384. The first-order valence-electron chi connectivity index (χ1n) is 3.94. The molecule has 72 valence electrons. The first-order chi connectivity index (χ1) is 6.81. The fourth-order valence-corrected chi connectivity index (χ4v) is 1.10. The van der Waals surface area contributed by atoms with E-state index in [4.69, 9.17) is 10.3 Å². The summed E-state index contributed by atoms with van der Waals surface area (Å²) in [6.45, 7) is 0.182. The fraction of sp³-hybridized carbons (Fsp3) is 0.222. The predicted molar refractivity (Wildman–Crippen MR) is 51.2 cm³/mol. The van der Waals surface area contributed by atoms with Gasteiger partial charge in [-0.05, 0) is 23.7 Å². The van der Waals surface area contributed by atoms with Crippen LogP contribution in [0.25, 0.3) is 10.4 Å². The van der Waals surface area contributed by atoms with Crippen molar-refractivity contribution in [2.45, 2.75) is 6.54 Å². The quantitative estimate of drug-likeness (QED) is 0.317. The van der Waals surface area contributed by atoms with Gasteiger partial charge in [0.1, 0.15) is 12.0 Å². The molecule has 0 atom stereocenters. The van der Waals surface area contributed by atoms with Gasteiger partial charge in [-0.15, -0.1) is 0 Å². The Morgan fingerprint density at radius 3 is 3.00 bits per heavy atom. The number of hydrogen-bond donors (Lipinski definition) is 0. The number of azide groups is 1. The van der Waals surface area contributed by atoms with Gasteiger partial charge in [0.25, 0.3) is 0 Å². The molecule has 0 fully saturated rings. The molecule has 0 aromatic heterocycles. The minimum Gasteiger partial charge on any atom is -0.496 e. The van der Waals surface area contributed by atoms with E-state index in [0.717, 1.165) is 6.29 Å². The van der Waals surface area contributed by atoms with Gasteiger partial charge in [0.05, 0.1) is 13.7 Å². The molecule has 0 unspecified atom stereocenters. The maximum absolute atomic E-state index is 10.5. The van der Waals surface area contributed by atoms with Gasteiger partial charge in [-0.1, -0.05) is 5.11 Å². The second-order valence-electron chi connectivity index (χ2n) is 2.58. The first-order valence-corrected chi connectivity index (χ1v) is 3.94. The van der Waals surface area contributed by atoms with E-state index in [9.17, 15) is 4.79 Å².